The molecule has 3 nitrogen and oxygen atoms in total. The van der Waals surface area contributed by atoms with Gasteiger partial charge in [-0.3, -0.25) is 10.1 Å². The molecule has 0 aliphatic carbocycles. The van der Waals surface area contributed by atoms with Gasteiger partial charge in [-0.1, -0.05) is 46.3 Å². The van der Waals surface area contributed by atoms with Gasteiger partial charge in [0.05, 0.1) is 0 Å². The third-order valence-electron chi connectivity index (χ3n) is 2.85. The molecule has 0 heterocycles. The summed E-state index contributed by atoms with van der Waals surface area (Å²) in [6.45, 7) is 0.346. The van der Waals surface area contributed by atoms with Crippen LogP contribution in [0.5, 0.6) is 0 Å². The first-order valence-corrected chi connectivity index (χ1v) is 6.88. The third-order valence-corrected chi connectivity index (χ3v) is 3.31. The van der Waals surface area contributed by atoms with E-state index in [2.05, 4.69) is 21.2 Å². The number of nitrogens with two attached hydrogens (primary N) is 1. The highest BCUT2D eigenvalue weighted by molar-refractivity contribution is 9.10. The van der Waals surface area contributed by atoms with Crippen molar-refractivity contribution >= 4 is 21.8 Å². The van der Waals surface area contributed by atoms with Gasteiger partial charge in [0.15, 0.2) is 0 Å². The van der Waals surface area contributed by atoms with E-state index >= 15 is 0 Å². The van der Waals surface area contributed by atoms with E-state index in [0.717, 1.165) is 11.1 Å². The van der Waals surface area contributed by atoms with E-state index in [1.165, 1.54) is 12.1 Å². The summed E-state index contributed by atoms with van der Waals surface area (Å²) in [7, 11) is 0. The lowest BCUT2D eigenvalue weighted by Crippen LogP contribution is -2.33. The quantitative estimate of drug-likeness (QED) is 0.881. The predicted molar refractivity (Wildman–Crippen MR) is 79.3 cm³/mol. The maximum atomic E-state index is 13.3. The van der Waals surface area contributed by atoms with Crippen LogP contribution in [-0.2, 0) is 11.3 Å². The molecule has 5 heteroatoms. The Labute approximate surface area is 125 Å². The molecule has 104 valence electrons. The molecule has 3 N–H and O–H groups in total. The standard InChI is InChI=1S/C15H14BrFN2O/c16-12-6-10(7-13(17)8-12)9-19-14(15(18)20)11-4-2-1-3-5-11/h1-8,14,19H,9H2,(H2,18,20)/t14-/m1/s1. The first kappa shape index (κ1) is 14.7. The zero-order valence-corrected chi connectivity index (χ0v) is 12.2. The van der Waals surface area contributed by atoms with Gasteiger partial charge in [-0.05, 0) is 29.3 Å². The second-order valence-corrected chi connectivity index (χ2v) is 5.32. The molecule has 2 rings (SSSR count). The summed E-state index contributed by atoms with van der Waals surface area (Å²) < 4.78 is 13.9. The minimum Gasteiger partial charge on any atom is -0.368 e. The smallest absolute Gasteiger partial charge is 0.239 e. The largest absolute Gasteiger partial charge is 0.368 e. The first-order chi connectivity index (χ1) is 9.56. The SMILES string of the molecule is NC(=O)[C@H](NCc1cc(F)cc(Br)c1)c1ccccc1. The van der Waals surface area contributed by atoms with E-state index in [1.807, 2.05) is 30.3 Å². The lowest BCUT2D eigenvalue weighted by molar-refractivity contribution is -0.120. The van der Waals surface area contributed by atoms with Crippen LogP contribution in [0.3, 0.4) is 0 Å². The summed E-state index contributed by atoms with van der Waals surface area (Å²) in [5.41, 5.74) is 6.93. The van der Waals surface area contributed by atoms with Crippen LogP contribution in [0.4, 0.5) is 4.39 Å². The van der Waals surface area contributed by atoms with Crippen molar-refractivity contribution in [1.29, 1.82) is 0 Å². The summed E-state index contributed by atoms with van der Waals surface area (Å²) in [6, 6.07) is 13.2. The van der Waals surface area contributed by atoms with E-state index in [-0.39, 0.29) is 5.82 Å². The number of hydrogen-bond donors (Lipinski definition) is 2. The first-order valence-electron chi connectivity index (χ1n) is 6.09. The molecule has 0 radical (unpaired) electrons. The number of benzene rings is 2. The summed E-state index contributed by atoms with van der Waals surface area (Å²) in [5, 5.41) is 3.04. The molecule has 0 bridgehead atoms. The van der Waals surface area contributed by atoms with Crippen molar-refractivity contribution in [2.24, 2.45) is 5.73 Å². The van der Waals surface area contributed by atoms with E-state index < -0.39 is 11.9 Å². The number of nitrogens with one attached hydrogen (secondary N) is 1. The van der Waals surface area contributed by atoms with E-state index in [1.54, 1.807) is 6.07 Å². The van der Waals surface area contributed by atoms with E-state index in [9.17, 15) is 9.18 Å². The van der Waals surface area contributed by atoms with Crippen molar-refractivity contribution in [1.82, 2.24) is 5.32 Å². The van der Waals surface area contributed by atoms with Gasteiger partial charge in [-0.15, -0.1) is 0 Å². The van der Waals surface area contributed by atoms with Crippen molar-refractivity contribution in [3.05, 3.63) is 69.9 Å². The van der Waals surface area contributed by atoms with Gasteiger partial charge < -0.3 is 5.73 Å². The highest BCUT2D eigenvalue weighted by Crippen LogP contribution is 2.17. The maximum absolute atomic E-state index is 13.3. The van der Waals surface area contributed by atoms with E-state index in [4.69, 9.17) is 5.73 Å². The Hall–Kier alpha value is -1.72. The topological polar surface area (TPSA) is 55.1 Å². The maximum Gasteiger partial charge on any atom is 0.239 e. The number of rotatable bonds is 5. The Balaban J connectivity index is 2.12. The predicted octanol–water partition coefficient (Wildman–Crippen LogP) is 2.90. The molecule has 2 aromatic rings. The molecule has 2 aromatic carbocycles. The molecule has 0 aliphatic heterocycles. The molecule has 0 fully saturated rings. The molecule has 0 saturated carbocycles. The normalized spacial score (nSPS) is 12.1. The van der Waals surface area contributed by atoms with Crippen LogP contribution < -0.4 is 11.1 Å². The van der Waals surface area contributed by atoms with Gasteiger partial charge in [-0.25, -0.2) is 4.39 Å². The Morgan fingerprint density at radius 2 is 1.95 bits per heavy atom. The Bertz CT molecular complexity index is 584. The lowest BCUT2D eigenvalue weighted by Gasteiger charge is -2.16. The highest BCUT2D eigenvalue weighted by atomic mass is 79.9. The highest BCUT2D eigenvalue weighted by Gasteiger charge is 2.16. The van der Waals surface area contributed by atoms with Crippen LogP contribution in [0.2, 0.25) is 0 Å². The van der Waals surface area contributed by atoms with Crippen LogP contribution >= 0.6 is 15.9 Å². The minimum atomic E-state index is -0.599. The summed E-state index contributed by atoms with van der Waals surface area (Å²) in [5.74, 6) is -0.793. The fraction of sp³-hybridized carbons (Fsp3) is 0.133. The van der Waals surface area contributed by atoms with Crippen molar-refractivity contribution in [2.45, 2.75) is 12.6 Å². The number of halogens is 2. The van der Waals surface area contributed by atoms with Crippen LogP contribution in [-0.4, -0.2) is 5.91 Å². The summed E-state index contributed by atoms with van der Waals surface area (Å²) in [6.07, 6.45) is 0. The fourth-order valence-corrected chi connectivity index (χ4v) is 2.47. The Kier molecular flexibility index (Phi) is 4.87. The second kappa shape index (κ2) is 6.63. The van der Waals surface area contributed by atoms with Gasteiger partial charge in [0.1, 0.15) is 11.9 Å². The van der Waals surface area contributed by atoms with Crippen molar-refractivity contribution < 1.29 is 9.18 Å². The van der Waals surface area contributed by atoms with Gasteiger partial charge in [0.2, 0.25) is 5.91 Å². The number of carbonyl (C=O) groups excluding carboxylic acids is 1. The summed E-state index contributed by atoms with van der Waals surface area (Å²) >= 11 is 3.23. The van der Waals surface area contributed by atoms with Crippen LogP contribution in [0, 0.1) is 5.82 Å². The van der Waals surface area contributed by atoms with Crippen molar-refractivity contribution in [3.63, 3.8) is 0 Å². The molecule has 0 aliphatic rings. The lowest BCUT2D eigenvalue weighted by atomic mass is 10.1. The summed E-state index contributed by atoms with van der Waals surface area (Å²) in [4.78, 5) is 11.5. The molecular formula is C15H14BrFN2O. The molecule has 0 spiro atoms. The van der Waals surface area contributed by atoms with Gasteiger partial charge >= 0.3 is 0 Å². The van der Waals surface area contributed by atoms with Crippen LogP contribution in [0.15, 0.2) is 53.0 Å². The van der Waals surface area contributed by atoms with Crippen molar-refractivity contribution in [3.8, 4) is 0 Å². The Morgan fingerprint density at radius 3 is 2.55 bits per heavy atom. The number of hydrogen-bond acceptors (Lipinski definition) is 2. The number of amides is 1. The van der Waals surface area contributed by atoms with E-state index in [0.29, 0.717) is 11.0 Å². The molecular weight excluding hydrogens is 323 g/mol. The fourth-order valence-electron chi connectivity index (χ4n) is 1.96. The van der Waals surface area contributed by atoms with Crippen LogP contribution in [0.1, 0.15) is 17.2 Å². The average Bonchev–Trinajstić information content (AvgIpc) is 2.38. The number of primary amides is 1. The third kappa shape index (κ3) is 3.88. The monoisotopic (exact) mass is 336 g/mol. The van der Waals surface area contributed by atoms with Crippen LogP contribution in [0.25, 0.3) is 0 Å². The minimum absolute atomic E-state index is 0.327. The van der Waals surface area contributed by atoms with Gasteiger partial charge in [0, 0.05) is 11.0 Å². The zero-order valence-electron chi connectivity index (χ0n) is 10.6. The second-order valence-electron chi connectivity index (χ2n) is 4.40. The van der Waals surface area contributed by atoms with Gasteiger partial charge in [-0.2, -0.15) is 0 Å². The molecule has 1 amide bonds. The van der Waals surface area contributed by atoms with Crippen molar-refractivity contribution in [2.75, 3.05) is 0 Å². The zero-order chi connectivity index (χ0) is 14.5. The van der Waals surface area contributed by atoms with Gasteiger partial charge in [0.25, 0.3) is 0 Å². The molecule has 0 aromatic heterocycles. The molecule has 1 atom stereocenters. The molecule has 0 unspecified atom stereocenters. The molecule has 20 heavy (non-hydrogen) atoms. The average molecular weight is 337 g/mol. The number of carbonyl (C=O) groups is 1. The molecule has 0 saturated heterocycles. The Morgan fingerprint density at radius 1 is 1.25 bits per heavy atom.